The molecule has 2 aromatic carbocycles. The molecular weight excluding hydrogens is 869 g/mol. The normalized spacial score (nSPS) is 19.2. The van der Waals surface area contributed by atoms with Gasteiger partial charge in [0, 0.05) is 64.5 Å². The largest absolute Gasteiger partial charge is 0.484 e. The monoisotopic (exact) mass is 914 g/mol. The van der Waals surface area contributed by atoms with Crippen molar-refractivity contribution in [3.05, 3.63) is 119 Å². The lowest BCUT2D eigenvalue weighted by Crippen LogP contribution is -2.39. The Hall–Kier alpha value is -5.90. The van der Waals surface area contributed by atoms with E-state index in [2.05, 4.69) is 9.97 Å². The topological polar surface area (TPSA) is 219 Å². The van der Waals surface area contributed by atoms with Gasteiger partial charge in [-0.1, -0.05) is 60.7 Å². The fourth-order valence-corrected chi connectivity index (χ4v) is 11.4. The zero-order chi connectivity index (χ0) is 44.6. The number of pyridine rings is 2. The number of fused-ring (bicyclic) bond motifs is 2. The molecule has 0 saturated carbocycles. The van der Waals surface area contributed by atoms with Gasteiger partial charge in [-0.3, -0.25) is 9.59 Å². The van der Waals surface area contributed by atoms with Crippen molar-refractivity contribution in [2.45, 2.75) is 21.6 Å². The number of amides is 2. The maximum Gasteiger partial charge on any atom is 0.257 e. The molecule has 2 N–H and O–H groups in total. The summed E-state index contributed by atoms with van der Waals surface area (Å²) in [6.45, 7) is 3.27. The lowest BCUT2D eigenvalue weighted by molar-refractivity contribution is -0.133. The van der Waals surface area contributed by atoms with Gasteiger partial charge >= 0.3 is 0 Å². The SMILES string of the molecule is O=C([C@@H](CO)c1ccccc1)N1CC2=C(C1)CN(S(=O)(=O)c1cnc3c(c1)OCCO3)C2.O=C([C@H](CO)c1ccccc1)N1CC2=C(C1)CN(S(=O)(=O)c1cnc3c(c1)OCCO3)C2. The van der Waals surface area contributed by atoms with E-state index in [-0.39, 0.29) is 61.0 Å². The molecule has 0 spiro atoms. The molecule has 6 aliphatic rings. The number of hydrogen-bond donors (Lipinski definition) is 2. The Kier molecular flexibility index (Phi) is 12.1. The zero-order valence-corrected chi connectivity index (χ0v) is 36.2. The Labute approximate surface area is 370 Å². The van der Waals surface area contributed by atoms with Crippen molar-refractivity contribution < 1.29 is 55.6 Å². The maximum absolute atomic E-state index is 13.2. The quantitative estimate of drug-likeness (QED) is 0.216. The van der Waals surface area contributed by atoms with Crippen LogP contribution in [0.25, 0.3) is 0 Å². The highest BCUT2D eigenvalue weighted by Crippen LogP contribution is 2.37. The van der Waals surface area contributed by atoms with Crippen molar-refractivity contribution in [1.82, 2.24) is 28.4 Å². The summed E-state index contributed by atoms with van der Waals surface area (Å²) in [5.41, 5.74) is 5.24. The van der Waals surface area contributed by atoms with Crippen molar-refractivity contribution in [2.75, 3.05) is 92.0 Å². The number of carbonyl (C=O) groups is 2. The van der Waals surface area contributed by atoms with E-state index in [1.54, 1.807) is 9.80 Å². The van der Waals surface area contributed by atoms with Gasteiger partial charge in [0.05, 0.1) is 37.4 Å². The van der Waals surface area contributed by atoms with Crippen LogP contribution in [0.4, 0.5) is 0 Å². The molecule has 0 saturated heterocycles. The first kappa shape index (κ1) is 43.4. The van der Waals surface area contributed by atoms with Crippen molar-refractivity contribution in [2.24, 2.45) is 0 Å². The molecule has 0 fully saturated rings. The van der Waals surface area contributed by atoms with Crippen LogP contribution >= 0.6 is 0 Å². The van der Waals surface area contributed by atoms with E-state index in [1.807, 2.05) is 60.7 Å². The highest BCUT2D eigenvalue weighted by atomic mass is 32.2. The van der Waals surface area contributed by atoms with Gasteiger partial charge in [0.1, 0.15) is 36.2 Å². The molecule has 2 amide bonds. The van der Waals surface area contributed by atoms with Gasteiger partial charge in [0.2, 0.25) is 31.9 Å². The summed E-state index contributed by atoms with van der Waals surface area (Å²) in [5.74, 6) is -0.321. The third-order valence-corrected chi connectivity index (χ3v) is 15.5. The van der Waals surface area contributed by atoms with E-state index in [4.69, 9.17) is 18.9 Å². The van der Waals surface area contributed by atoms with E-state index in [1.165, 1.54) is 33.1 Å². The number of aliphatic hydroxyl groups excluding tert-OH is 2. The first-order chi connectivity index (χ1) is 30.9. The Balaban J connectivity index is 0.000000162. The van der Waals surface area contributed by atoms with Crippen LogP contribution < -0.4 is 18.9 Å². The second-order valence-corrected chi connectivity index (χ2v) is 19.9. The van der Waals surface area contributed by atoms with Crippen LogP contribution in [0.1, 0.15) is 23.0 Å². The van der Waals surface area contributed by atoms with Gasteiger partial charge < -0.3 is 39.0 Å². The molecular formula is C44H46N6O12S2. The second-order valence-electron chi connectivity index (χ2n) is 16.0. The number of carbonyl (C=O) groups excluding carboxylic acids is 2. The summed E-state index contributed by atoms with van der Waals surface area (Å²) in [7, 11) is -7.53. The number of aliphatic hydroxyl groups is 2. The van der Waals surface area contributed by atoms with Crippen LogP contribution in [-0.2, 0) is 29.6 Å². The molecule has 0 radical (unpaired) electrons. The summed E-state index contributed by atoms with van der Waals surface area (Å²) < 4.78 is 77.1. The summed E-state index contributed by atoms with van der Waals surface area (Å²) >= 11 is 0. The Morgan fingerprint density at radius 2 is 0.875 bits per heavy atom. The summed E-state index contributed by atoms with van der Waals surface area (Å²) in [6.07, 6.45) is 2.57. The molecule has 336 valence electrons. The molecule has 0 aliphatic carbocycles. The van der Waals surface area contributed by atoms with Crippen LogP contribution in [-0.4, -0.2) is 159 Å². The smallest absolute Gasteiger partial charge is 0.257 e. The predicted octanol–water partition coefficient (Wildman–Crippen LogP) is 1.54. The van der Waals surface area contributed by atoms with Crippen LogP contribution in [0, 0.1) is 0 Å². The van der Waals surface area contributed by atoms with Crippen molar-refractivity contribution in [3.8, 4) is 23.3 Å². The molecule has 8 heterocycles. The number of ether oxygens (including phenoxy) is 4. The van der Waals surface area contributed by atoms with E-state index >= 15 is 0 Å². The number of hydrogen-bond acceptors (Lipinski definition) is 14. The first-order valence-corrected chi connectivity index (χ1v) is 23.6. The van der Waals surface area contributed by atoms with Gasteiger partial charge in [0.25, 0.3) is 11.8 Å². The molecule has 10 rings (SSSR count). The second kappa shape index (κ2) is 17.9. The summed E-state index contributed by atoms with van der Waals surface area (Å²) in [6, 6.07) is 21.3. The number of benzene rings is 2. The fraction of sp³-hybridized carbons (Fsp3) is 0.364. The number of sulfonamides is 2. The van der Waals surface area contributed by atoms with Crippen LogP contribution in [0.5, 0.6) is 23.3 Å². The molecule has 2 aromatic heterocycles. The Morgan fingerprint density at radius 1 is 0.531 bits per heavy atom. The van der Waals surface area contributed by atoms with Crippen LogP contribution in [0.15, 0.2) is 117 Å². The van der Waals surface area contributed by atoms with Gasteiger partial charge in [0.15, 0.2) is 11.5 Å². The van der Waals surface area contributed by atoms with Crippen LogP contribution in [0.3, 0.4) is 0 Å². The van der Waals surface area contributed by atoms with E-state index in [0.717, 1.165) is 33.4 Å². The van der Waals surface area contributed by atoms with Crippen molar-refractivity contribution in [3.63, 3.8) is 0 Å². The van der Waals surface area contributed by atoms with E-state index in [9.17, 15) is 36.6 Å². The molecule has 2 atom stereocenters. The lowest BCUT2D eigenvalue weighted by atomic mass is 9.98. The third kappa shape index (κ3) is 8.43. The van der Waals surface area contributed by atoms with Gasteiger partial charge in [-0.2, -0.15) is 8.61 Å². The number of rotatable bonds is 10. The van der Waals surface area contributed by atoms with Crippen molar-refractivity contribution in [1.29, 1.82) is 0 Å². The highest BCUT2D eigenvalue weighted by Gasteiger charge is 2.41. The summed E-state index contributed by atoms with van der Waals surface area (Å²) in [4.78, 5) is 37.7. The molecule has 6 aliphatic heterocycles. The standard InChI is InChI=1S/2C22H23N3O6S/c2*26-14-19(15-4-2-1-3-5-15)22(27)24-10-16-12-25(13-17(16)11-24)32(28,29)18-8-20-21(23-9-18)31-7-6-30-20/h2*1-5,8-9,19,26H,6-7,10-14H2/t2*19-/m10/s1. The maximum atomic E-state index is 13.2. The van der Waals surface area contributed by atoms with E-state index in [0.29, 0.717) is 75.9 Å². The Bertz CT molecular complexity index is 2510. The van der Waals surface area contributed by atoms with Gasteiger partial charge in [-0.15, -0.1) is 0 Å². The highest BCUT2D eigenvalue weighted by molar-refractivity contribution is 7.89. The lowest BCUT2D eigenvalue weighted by Gasteiger charge is -2.26. The molecule has 64 heavy (non-hydrogen) atoms. The third-order valence-electron chi connectivity index (χ3n) is 12.0. The molecule has 18 nitrogen and oxygen atoms in total. The number of nitrogens with zero attached hydrogens (tertiary/aromatic N) is 6. The molecule has 20 heteroatoms. The first-order valence-electron chi connectivity index (χ1n) is 20.7. The summed E-state index contributed by atoms with van der Waals surface area (Å²) in [5, 5.41) is 19.6. The van der Waals surface area contributed by atoms with E-state index < -0.39 is 31.9 Å². The van der Waals surface area contributed by atoms with Gasteiger partial charge in [-0.05, 0) is 33.4 Å². The molecule has 4 aromatic rings. The molecule has 0 unspecified atom stereocenters. The minimum absolute atomic E-state index is 0.0558. The minimum atomic E-state index is -3.77. The van der Waals surface area contributed by atoms with Crippen LogP contribution in [0.2, 0.25) is 0 Å². The predicted molar refractivity (Wildman–Crippen MR) is 228 cm³/mol. The average molecular weight is 915 g/mol. The van der Waals surface area contributed by atoms with Crippen molar-refractivity contribution >= 4 is 31.9 Å². The fourth-order valence-electron chi connectivity index (χ4n) is 8.62. The zero-order valence-electron chi connectivity index (χ0n) is 34.6. The molecule has 0 bridgehead atoms. The Morgan fingerprint density at radius 3 is 1.22 bits per heavy atom. The van der Waals surface area contributed by atoms with Gasteiger partial charge in [-0.25, -0.2) is 26.8 Å². The minimum Gasteiger partial charge on any atom is -0.484 e. The average Bonchev–Trinajstić information content (AvgIpc) is 4.12. The number of aromatic nitrogens is 2.